The van der Waals surface area contributed by atoms with Crippen LogP contribution in [0.25, 0.3) is 0 Å². The van der Waals surface area contributed by atoms with Gasteiger partial charge < -0.3 is 9.80 Å². The lowest BCUT2D eigenvalue weighted by atomic mass is 10.2. The van der Waals surface area contributed by atoms with Gasteiger partial charge in [-0.3, -0.25) is 14.5 Å². The van der Waals surface area contributed by atoms with E-state index < -0.39 is 5.82 Å². The van der Waals surface area contributed by atoms with Crippen molar-refractivity contribution in [2.45, 2.75) is 25.4 Å². The quantitative estimate of drug-likeness (QED) is 0.800. The van der Waals surface area contributed by atoms with Crippen molar-refractivity contribution in [2.24, 2.45) is 0 Å². The molecule has 6 heteroatoms. The van der Waals surface area contributed by atoms with Gasteiger partial charge in [0.2, 0.25) is 5.91 Å². The summed E-state index contributed by atoms with van der Waals surface area (Å²) in [6, 6.07) is 16.0. The normalized spacial score (nSPS) is 20.7. The summed E-state index contributed by atoms with van der Waals surface area (Å²) < 4.78 is 14.0. The standard InChI is InChI=1S/C23H26FN3O2/c24-20-10-5-4-9-19(20)22(28)26-13-6-12-25(15-16-26)21-11-14-27(23(21)29)17-18-7-2-1-3-8-18/h1-5,7-10,21H,6,11-17H2/t21-/m0/s1. The molecule has 5 nitrogen and oxygen atoms in total. The number of rotatable bonds is 4. The van der Waals surface area contributed by atoms with E-state index in [2.05, 4.69) is 4.90 Å². The molecule has 4 rings (SSSR count). The van der Waals surface area contributed by atoms with Crippen LogP contribution in [0.5, 0.6) is 0 Å². The average molecular weight is 395 g/mol. The van der Waals surface area contributed by atoms with Gasteiger partial charge in [0.15, 0.2) is 0 Å². The molecule has 152 valence electrons. The number of halogens is 1. The Balaban J connectivity index is 1.37. The highest BCUT2D eigenvalue weighted by Gasteiger charge is 2.36. The van der Waals surface area contributed by atoms with Crippen molar-refractivity contribution in [2.75, 3.05) is 32.7 Å². The number of hydrogen-bond donors (Lipinski definition) is 0. The first kappa shape index (κ1) is 19.6. The zero-order valence-electron chi connectivity index (χ0n) is 16.5. The van der Waals surface area contributed by atoms with Gasteiger partial charge in [-0.05, 0) is 30.5 Å². The third-order valence-electron chi connectivity index (χ3n) is 5.85. The molecule has 0 saturated carbocycles. The van der Waals surface area contributed by atoms with Crippen LogP contribution in [0.4, 0.5) is 4.39 Å². The Labute approximate surface area is 170 Å². The molecule has 2 aromatic rings. The molecule has 2 heterocycles. The van der Waals surface area contributed by atoms with E-state index in [0.717, 1.165) is 31.5 Å². The molecular weight excluding hydrogens is 369 g/mol. The first-order valence-corrected chi connectivity index (χ1v) is 10.2. The minimum absolute atomic E-state index is 0.118. The lowest BCUT2D eigenvalue weighted by Gasteiger charge is -2.26. The predicted octanol–water partition coefficient (Wildman–Crippen LogP) is 2.77. The van der Waals surface area contributed by atoms with Crippen LogP contribution in [0.15, 0.2) is 54.6 Å². The Bertz CT molecular complexity index is 873. The summed E-state index contributed by atoms with van der Waals surface area (Å²) >= 11 is 0. The maximum absolute atomic E-state index is 14.0. The van der Waals surface area contributed by atoms with Crippen LogP contribution in [-0.2, 0) is 11.3 Å². The number of amides is 2. The number of carbonyl (C=O) groups excluding carboxylic acids is 2. The van der Waals surface area contributed by atoms with Crippen molar-refractivity contribution in [3.8, 4) is 0 Å². The third-order valence-corrected chi connectivity index (χ3v) is 5.85. The van der Waals surface area contributed by atoms with Crippen molar-refractivity contribution < 1.29 is 14.0 Å². The van der Waals surface area contributed by atoms with Gasteiger partial charge >= 0.3 is 0 Å². The topological polar surface area (TPSA) is 43.9 Å². The smallest absolute Gasteiger partial charge is 0.256 e. The van der Waals surface area contributed by atoms with Crippen molar-refractivity contribution >= 4 is 11.8 Å². The Morgan fingerprint density at radius 2 is 1.69 bits per heavy atom. The first-order valence-electron chi connectivity index (χ1n) is 10.2. The van der Waals surface area contributed by atoms with Gasteiger partial charge in [-0.25, -0.2) is 4.39 Å². The molecule has 2 amide bonds. The second kappa shape index (κ2) is 8.74. The molecule has 0 aliphatic carbocycles. The lowest BCUT2D eigenvalue weighted by Crippen LogP contribution is -2.44. The van der Waals surface area contributed by atoms with Gasteiger partial charge in [-0.2, -0.15) is 0 Å². The summed E-state index contributed by atoms with van der Waals surface area (Å²) in [5, 5.41) is 0. The summed E-state index contributed by atoms with van der Waals surface area (Å²) in [6.45, 7) is 3.90. The highest BCUT2D eigenvalue weighted by Crippen LogP contribution is 2.22. The minimum atomic E-state index is -0.485. The first-order chi connectivity index (χ1) is 14.1. The SMILES string of the molecule is O=C(c1ccccc1F)N1CCCN([C@H]2CCN(Cc3ccccc3)C2=O)CC1. The van der Waals surface area contributed by atoms with Gasteiger partial charge in [0, 0.05) is 39.3 Å². The monoisotopic (exact) mass is 395 g/mol. The molecular formula is C23H26FN3O2. The van der Waals surface area contributed by atoms with E-state index in [1.54, 1.807) is 17.0 Å². The van der Waals surface area contributed by atoms with Crippen LogP contribution in [0.2, 0.25) is 0 Å². The molecule has 1 atom stereocenters. The molecule has 0 radical (unpaired) electrons. The van der Waals surface area contributed by atoms with Crippen LogP contribution in [0, 0.1) is 5.82 Å². The van der Waals surface area contributed by atoms with Crippen LogP contribution in [0.3, 0.4) is 0 Å². The number of likely N-dealkylation sites (tertiary alicyclic amines) is 1. The maximum Gasteiger partial charge on any atom is 0.256 e. The van der Waals surface area contributed by atoms with E-state index in [1.165, 1.54) is 12.1 Å². The van der Waals surface area contributed by atoms with Gasteiger partial charge in [0.25, 0.3) is 5.91 Å². The molecule has 0 N–H and O–H groups in total. The van der Waals surface area contributed by atoms with Crippen LogP contribution in [0.1, 0.15) is 28.8 Å². The van der Waals surface area contributed by atoms with Gasteiger partial charge in [0.1, 0.15) is 5.82 Å². The zero-order valence-corrected chi connectivity index (χ0v) is 16.5. The number of carbonyl (C=O) groups is 2. The maximum atomic E-state index is 14.0. The summed E-state index contributed by atoms with van der Waals surface area (Å²) in [5.74, 6) is -0.586. The van der Waals surface area contributed by atoms with Crippen molar-refractivity contribution in [3.05, 3.63) is 71.5 Å². The summed E-state index contributed by atoms with van der Waals surface area (Å²) in [6.07, 6.45) is 1.59. The molecule has 29 heavy (non-hydrogen) atoms. The van der Waals surface area contributed by atoms with Crippen LogP contribution < -0.4 is 0 Å². The molecule has 2 aliphatic rings. The minimum Gasteiger partial charge on any atom is -0.337 e. The Kier molecular flexibility index (Phi) is 5.90. The molecule has 0 bridgehead atoms. The van der Waals surface area contributed by atoms with E-state index in [0.29, 0.717) is 26.2 Å². The highest BCUT2D eigenvalue weighted by molar-refractivity contribution is 5.94. The number of hydrogen-bond acceptors (Lipinski definition) is 3. The average Bonchev–Trinajstić information content (AvgIpc) is 2.94. The van der Waals surface area contributed by atoms with Crippen molar-refractivity contribution in [3.63, 3.8) is 0 Å². The highest BCUT2D eigenvalue weighted by atomic mass is 19.1. The molecule has 2 aromatic carbocycles. The number of benzene rings is 2. The third kappa shape index (κ3) is 4.32. The molecule has 2 fully saturated rings. The predicted molar refractivity (Wildman–Crippen MR) is 109 cm³/mol. The zero-order chi connectivity index (χ0) is 20.2. The summed E-state index contributed by atoms with van der Waals surface area (Å²) in [7, 11) is 0. The van der Waals surface area contributed by atoms with Gasteiger partial charge in [0.05, 0.1) is 11.6 Å². The second-order valence-electron chi connectivity index (χ2n) is 7.71. The van der Waals surface area contributed by atoms with E-state index >= 15 is 0 Å². The Morgan fingerprint density at radius 3 is 2.48 bits per heavy atom. The molecule has 0 spiro atoms. The fourth-order valence-electron chi connectivity index (χ4n) is 4.28. The van der Waals surface area contributed by atoms with Crippen LogP contribution >= 0.6 is 0 Å². The van der Waals surface area contributed by atoms with E-state index in [1.807, 2.05) is 35.2 Å². The molecule has 0 unspecified atom stereocenters. The summed E-state index contributed by atoms with van der Waals surface area (Å²) in [4.78, 5) is 31.5. The van der Waals surface area contributed by atoms with E-state index in [4.69, 9.17) is 0 Å². The Hall–Kier alpha value is -2.73. The number of nitrogens with zero attached hydrogens (tertiary/aromatic N) is 3. The molecule has 2 saturated heterocycles. The Morgan fingerprint density at radius 1 is 0.931 bits per heavy atom. The van der Waals surface area contributed by atoms with E-state index in [9.17, 15) is 14.0 Å². The molecule has 2 aliphatic heterocycles. The second-order valence-corrected chi connectivity index (χ2v) is 7.71. The fourth-order valence-corrected chi connectivity index (χ4v) is 4.28. The van der Waals surface area contributed by atoms with Gasteiger partial charge in [-0.1, -0.05) is 42.5 Å². The fraction of sp³-hybridized carbons (Fsp3) is 0.391. The van der Waals surface area contributed by atoms with Gasteiger partial charge in [-0.15, -0.1) is 0 Å². The van der Waals surface area contributed by atoms with Crippen molar-refractivity contribution in [1.82, 2.24) is 14.7 Å². The lowest BCUT2D eigenvalue weighted by molar-refractivity contribution is -0.132. The molecule has 0 aromatic heterocycles. The summed E-state index contributed by atoms with van der Waals surface area (Å²) in [5.41, 5.74) is 1.26. The van der Waals surface area contributed by atoms with Crippen molar-refractivity contribution in [1.29, 1.82) is 0 Å². The van der Waals surface area contributed by atoms with Crippen LogP contribution in [-0.4, -0.2) is 65.3 Å². The largest absolute Gasteiger partial charge is 0.337 e. The van der Waals surface area contributed by atoms with E-state index in [-0.39, 0.29) is 23.4 Å².